The van der Waals surface area contributed by atoms with Gasteiger partial charge in [0, 0.05) is 38.5 Å². The smallest absolute Gasteiger partial charge is 0.246 e. The van der Waals surface area contributed by atoms with Gasteiger partial charge in [0.15, 0.2) is 0 Å². The third-order valence-corrected chi connectivity index (χ3v) is 3.26. The molecule has 0 aromatic carbocycles. The molecule has 1 saturated carbocycles. The number of hydrogen-bond donors (Lipinski definition) is 1. The van der Waals surface area contributed by atoms with Gasteiger partial charge in [0.1, 0.15) is 0 Å². The van der Waals surface area contributed by atoms with Crippen LogP contribution in [0.3, 0.4) is 0 Å². The maximum absolute atomic E-state index is 11.8. The van der Waals surface area contributed by atoms with E-state index in [1.54, 1.807) is 35.0 Å². The van der Waals surface area contributed by atoms with Gasteiger partial charge in [-0.3, -0.25) is 9.48 Å². The SMILES string of the molecule is CN(CC1CC(O)C1)C(=O)C=Cc1cnn(C)c1. The number of aliphatic hydroxyl groups is 1. The molecule has 18 heavy (non-hydrogen) atoms. The predicted octanol–water partition coefficient (Wildman–Crippen LogP) is 0.663. The number of aromatic nitrogens is 2. The number of aryl methyl sites for hydroxylation is 1. The zero-order valence-electron chi connectivity index (χ0n) is 10.8. The first kappa shape index (κ1) is 12.8. The minimum atomic E-state index is -0.163. The van der Waals surface area contributed by atoms with Crippen LogP contribution in [0.25, 0.3) is 6.08 Å². The predicted molar refractivity (Wildman–Crippen MR) is 68.6 cm³/mol. The lowest BCUT2D eigenvalue weighted by molar-refractivity contribution is -0.126. The van der Waals surface area contributed by atoms with E-state index < -0.39 is 0 Å². The molecule has 1 aliphatic rings. The molecule has 0 unspecified atom stereocenters. The highest BCUT2D eigenvalue weighted by atomic mass is 16.3. The van der Waals surface area contributed by atoms with Crippen molar-refractivity contribution in [2.45, 2.75) is 18.9 Å². The van der Waals surface area contributed by atoms with Gasteiger partial charge in [0.25, 0.3) is 0 Å². The average Bonchev–Trinajstić information content (AvgIpc) is 2.69. The average molecular weight is 249 g/mol. The molecule has 1 aromatic rings. The first-order valence-corrected chi connectivity index (χ1v) is 6.14. The van der Waals surface area contributed by atoms with Crippen molar-refractivity contribution < 1.29 is 9.90 Å². The van der Waals surface area contributed by atoms with E-state index in [4.69, 9.17) is 0 Å². The van der Waals surface area contributed by atoms with E-state index in [1.165, 1.54) is 0 Å². The monoisotopic (exact) mass is 249 g/mol. The minimum Gasteiger partial charge on any atom is -0.393 e. The first-order valence-electron chi connectivity index (χ1n) is 6.14. The van der Waals surface area contributed by atoms with Gasteiger partial charge in [-0.25, -0.2) is 0 Å². The van der Waals surface area contributed by atoms with E-state index in [0.717, 1.165) is 18.4 Å². The summed E-state index contributed by atoms with van der Waals surface area (Å²) in [6.07, 6.45) is 8.35. The second kappa shape index (κ2) is 5.35. The normalized spacial score (nSPS) is 23.1. The van der Waals surface area contributed by atoms with Crippen LogP contribution in [-0.2, 0) is 11.8 Å². The molecule has 0 atom stereocenters. The van der Waals surface area contributed by atoms with Gasteiger partial charge < -0.3 is 10.0 Å². The molecule has 1 heterocycles. The van der Waals surface area contributed by atoms with E-state index in [1.807, 2.05) is 13.2 Å². The highest BCUT2D eigenvalue weighted by Crippen LogP contribution is 2.27. The zero-order chi connectivity index (χ0) is 13.1. The Balaban J connectivity index is 1.81. The van der Waals surface area contributed by atoms with Crippen LogP contribution >= 0.6 is 0 Å². The fourth-order valence-corrected chi connectivity index (χ4v) is 2.15. The van der Waals surface area contributed by atoms with Crippen molar-refractivity contribution in [1.29, 1.82) is 0 Å². The van der Waals surface area contributed by atoms with E-state index in [0.29, 0.717) is 12.5 Å². The van der Waals surface area contributed by atoms with Crippen LogP contribution in [-0.4, -0.2) is 45.4 Å². The van der Waals surface area contributed by atoms with Gasteiger partial charge >= 0.3 is 0 Å². The summed E-state index contributed by atoms with van der Waals surface area (Å²) in [6, 6.07) is 0. The van der Waals surface area contributed by atoms with Crippen LogP contribution in [0, 0.1) is 5.92 Å². The molecule has 5 heteroatoms. The third kappa shape index (κ3) is 3.20. The molecule has 0 spiro atoms. The summed E-state index contributed by atoms with van der Waals surface area (Å²) in [6.45, 7) is 0.716. The molecule has 2 rings (SSSR count). The Morgan fingerprint density at radius 1 is 1.67 bits per heavy atom. The maximum atomic E-state index is 11.8. The number of carbonyl (C=O) groups excluding carboxylic acids is 1. The van der Waals surface area contributed by atoms with Crippen molar-refractivity contribution in [3.05, 3.63) is 24.0 Å². The molecule has 1 aromatic heterocycles. The van der Waals surface area contributed by atoms with Crippen molar-refractivity contribution in [1.82, 2.24) is 14.7 Å². The molecule has 0 bridgehead atoms. The van der Waals surface area contributed by atoms with E-state index in [-0.39, 0.29) is 12.0 Å². The lowest BCUT2D eigenvalue weighted by atomic mass is 9.82. The van der Waals surface area contributed by atoms with Crippen molar-refractivity contribution in [3.63, 3.8) is 0 Å². The quantitative estimate of drug-likeness (QED) is 0.798. The molecular weight excluding hydrogens is 230 g/mol. The van der Waals surface area contributed by atoms with Gasteiger partial charge in [-0.1, -0.05) is 0 Å². The topological polar surface area (TPSA) is 58.4 Å². The molecule has 0 aliphatic heterocycles. The van der Waals surface area contributed by atoms with Gasteiger partial charge in [-0.05, 0) is 24.8 Å². The Hall–Kier alpha value is -1.62. The summed E-state index contributed by atoms with van der Waals surface area (Å²) in [5, 5.41) is 13.2. The number of rotatable bonds is 4. The van der Waals surface area contributed by atoms with E-state index >= 15 is 0 Å². The van der Waals surface area contributed by atoms with Crippen molar-refractivity contribution in [2.24, 2.45) is 13.0 Å². The Bertz CT molecular complexity index is 447. The van der Waals surface area contributed by atoms with Gasteiger partial charge in [0.05, 0.1) is 12.3 Å². The van der Waals surface area contributed by atoms with Crippen LogP contribution in [0.2, 0.25) is 0 Å². The fraction of sp³-hybridized carbons (Fsp3) is 0.538. The number of likely N-dealkylation sites (N-methyl/N-ethyl adjacent to an activating group) is 1. The fourth-order valence-electron chi connectivity index (χ4n) is 2.15. The largest absolute Gasteiger partial charge is 0.393 e. The molecule has 1 amide bonds. The van der Waals surface area contributed by atoms with Crippen LogP contribution in [0.5, 0.6) is 0 Å². The number of hydrogen-bond acceptors (Lipinski definition) is 3. The summed E-state index contributed by atoms with van der Waals surface area (Å²) >= 11 is 0. The minimum absolute atomic E-state index is 0.0137. The maximum Gasteiger partial charge on any atom is 0.246 e. The highest BCUT2D eigenvalue weighted by molar-refractivity contribution is 5.91. The molecule has 5 nitrogen and oxygen atoms in total. The van der Waals surface area contributed by atoms with E-state index in [2.05, 4.69) is 5.10 Å². The molecular formula is C13H19N3O2. The lowest BCUT2D eigenvalue weighted by Crippen LogP contribution is -2.38. The Morgan fingerprint density at radius 2 is 2.39 bits per heavy atom. The second-order valence-electron chi connectivity index (χ2n) is 4.99. The Morgan fingerprint density at radius 3 is 2.94 bits per heavy atom. The third-order valence-electron chi connectivity index (χ3n) is 3.26. The summed E-state index contributed by atoms with van der Waals surface area (Å²) in [7, 11) is 3.63. The lowest BCUT2D eigenvalue weighted by Gasteiger charge is -2.34. The summed E-state index contributed by atoms with van der Waals surface area (Å²) in [5.74, 6) is 0.431. The summed E-state index contributed by atoms with van der Waals surface area (Å²) in [5.41, 5.74) is 0.915. The van der Waals surface area contributed by atoms with Crippen LogP contribution in [0.1, 0.15) is 18.4 Å². The summed E-state index contributed by atoms with van der Waals surface area (Å²) in [4.78, 5) is 13.5. The van der Waals surface area contributed by atoms with Gasteiger partial charge in [-0.15, -0.1) is 0 Å². The molecule has 1 aliphatic carbocycles. The number of amides is 1. The molecule has 1 N–H and O–H groups in total. The number of carbonyl (C=O) groups is 1. The number of aliphatic hydroxyl groups excluding tert-OH is 1. The van der Waals surface area contributed by atoms with Crippen molar-refractivity contribution >= 4 is 12.0 Å². The van der Waals surface area contributed by atoms with Crippen LogP contribution < -0.4 is 0 Å². The van der Waals surface area contributed by atoms with Crippen LogP contribution in [0.4, 0.5) is 0 Å². The van der Waals surface area contributed by atoms with E-state index in [9.17, 15) is 9.90 Å². The van der Waals surface area contributed by atoms with Gasteiger partial charge in [-0.2, -0.15) is 5.10 Å². The van der Waals surface area contributed by atoms with Gasteiger partial charge in [0.2, 0.25) is 5.91 Å². The van der Waals surface area contributed by atoms with Crippen molar-refractivity contribution in [2.75, 3.05) is 13.6 Å². The molecule has 0 radical (unpaired) electrons. The second-order valence-corrected chi connectivity index (χ2v) is 4.99. The first-order chi connectivity index (χ1) is 8.54. The van der Waals surface area contributed by atoms with Crippen molar-refractivity contribution in [3.8, 4) is 0 Å². The summed E-state index contributed by atoms with van der Waals surface area (Å²) < 4.78 is 1.70. The molecule has 1 fully saturated rings. The molecule has 98 valence electrons. The zero-order valence-corrected chi connectivity index (χ0v) is 10.8. The Kier molecular flexibility index (Phi) is 3.81. The highest BCUT2D eigenvalue weighted by Gasteiger charge is 2.28. The standard InChI is InChI=1S/C13H19N3O2/c1-15(8-11-5-12(17)6-11)13(18)4-3-10-7-14-16(2)9-10/h3-4,7,9,11-12,17H,5-6,8H2,1-2H3. The Labute approximate surface area is 107 Å². The van der Waals surface area contributed by atoms with Crippen LogP contribution in [0.15, 0.2) is 18.5 Å². The molecule has 0 saturated heterocycles. The number of nitrogens with zero attached hydrogens (tertiary/aromatic N) is 3.